The summed E-state index contributed by atoms with van der Waals surface area (Å²) in [6.07, 6.45) is 1.50. The van der Waals surface area contributed by atoms with Crippen LogP contribution in [0.4, 0.5) is 15.9 Å². The first-order valence-electron chi connectivity index (χ1n) is 7.70. The third-order valence-electron chi connectivity index (χ3n) is 3.73. The fourth-order valence-electron chi connectivity index (χ4n) is 2.47. The third kappa shape index (κ3) is 3.28. The van der Waals surface area contributed by atoms with Crippen LogP contribution in [0.15, 0.2) is 36.7 Å². The van der Waals surface area contributed by atoms with E-state index in [1.165, 1.54) is 12.4 Å². The van der Waals surface area contributed by atoms with Crippen LogP contribution >= 0.6 is 0 Å². The number of ether oxygens (including phenoxy) is 1. The molecule has 3 N–H and O–H groups in total. The average molecular weight is 326 g/mol. The monoisotopic (exact) mass is 326 g/mol. The van der Waals surface area contributed by atoms with Crippen LogP contribution in [-0.2, 0) is 0 Å². The van der Waals surface area contributed by atoms with Gasteiger partial charge in [0.2, 0.25) is 0 Å². The molecule has 1 heterocycles. The second-order valence-corrected chi connectivity index (χ2v) is 5.58. The molecule has 0 saturated carbocycles. The first-order chi connectivity index (χ1) is 11.6. The number of nitrogens with zero attached hydrogens (tertiary/aromatic N) is 2. The van der Waals surface area contributed by atoms with E-state index < -0.39 is 0 Å². The molecule has 0 fully saturated rings. The molecule has 0 bridgehead atoms. The Balaban J connectivity index is 2.01. The van der Waals surface area contributed by atoms with Crippen molar-refractivity contribution in [3.8, 4) is 5.75 Å². The van der Waals surface area contributed by atoms with E-state index >= 15 is 0 Å². The van der Waals surface area contributed by atoms with Crippen LogP contribution < -0.4 is 15.8 Å². The average Bonchev–Trinajstić information content (AvgIpc) is 2.57. The molecule has 124 valence electrons. The Morgan fingerprint density at radius 3 is 2.71 bits per heavy atom. The van der Waals surface area contributed by atoms with Crippen molar-refractivity contribution in [2.75, 3.05) is 18.5 Å². The normalized spacial score (nSPS) is 10.8. The quantitative estimate of drug-likeness (QED) is 0.751. The number of rotatable bonds is 5. The molecule has 2 aromatic carbocycles. The molecule has 0 amide bonds. The maximum Gasteiger partial charge on any atom is 0.141 e. The summed E-state index contributed by atoms with van der Waals surface area (Å²) in [5.74, 6) is 1.16. The van der Waals surface area contributed by atoms with Crippen LogP contribution in [0.25, 0.3) is 10.9 Å². The van der Waals surface area contributed by atoms with E-state index in [4.69, 9.17) is 10.5 Å². The second kappa shape index (κ2) is 6.80. The zero-order chi connectivity index (χ0) is 17.1. The third-order valence-corrected chi connectivity index (χ3v) is 3.73. The minimum atomic E-state index is -0.235. The van der Waals surface area contributed by atoms with Gasteiger partial charge in [0.05, 0.1) is 5.52 Å². The van der Waals surface area contributed by atoms with Gasteiger partial charge in [-0.25, -0.2) is 14.4 Å². The van der Waals surface area contributed by atoms with E-state index in [1.807, 2.05) is 19.1 Å². The summed E-state index contributed by atoms with van der Waals surface area (Å²) in [6.45, 7) is 4.58. The lowest BCUT2D eigenvalue weighted by atomic mass is 10.1. The number of fused-ring (bicyclic) bond motifs is 1. The molecule has 6 heteroatoms. The van der Waals surface area contributed by atoms with Crippen molar-refractivity contribution in [1.82, 2.24) is 9.97 Å². The maximum absolute atomic E-state index is 13.4. The number of aromatic nitrogens is 2. The van der Waals surface area contributed by atoms with Gasteiger partial charge in [0.15, 0.2) is 0 Å². The molecule has 3 aromatic rings. The zero-order valence-corrected chi connectivity index (χ0v) is 13.6. The largest absolute Gasteiger partial charge is 0.492 e. The predicted octanol–water partition coefficient (Wildman–Crippen LogP) is 3.47. The van der Waals surface area contributed by atoms with Gasteiger partial charge in [-0.1, -0.05) is 0 Å². The highest BCUT2D eigenvalue weighted by atomic mass is 19.1. The number of nitrogens with two attached hydrogens (primary N) is 1. The first kappa shape index (κ1) is 16.1. The van der Waals surface area contributed by atoms with Crippen molar-refractivity contribution in [2.24, 2.45) is 5.73 Å². The predicted molar refractivity (Wildman–Crippen MR) is 93.2 cm³/mol. The standard InChI is InChI=1S/C18H19FN4O/c1-11-7-13(3-4-15(11)19)23-18-14-9-17(24-6-5-20)12(2)8-16(14)21-10-22-18/h3-4,7-10H,5-6,20H2,1-2H3,(H,21,22,23). The van der Waals surface area contributed by atoms with E-state index in [2.05, 4.69) is 15.3 Å². The van der Waals surface area contributed by atoms with Gasteiger partial charge >= 0.3 is 0 Å². The molecule has 0 radical (unpaired) electrons. The van der Waals surface area contributed by atoms with E-state index in [1.54, 1.807) is 19.1 Å². The Morgan fingerprint density at radius 2 is 1.96 bits per heavy atom. The maximum atomic E-state index is 13.4. The van der Waals surface area contributed by atoms with E-state index in [-0.39, 0.29) is 5.82 Å². The lowest BCUT2D eigenvalue weighted by Gasteiger charge is -2.13. The minimum absolute atomic E-state index is 0.235. The van der Waals surface area contributed by atoms with Crippen LogP contribution in [0.5, 0.6) is 5.75 Å². The van der Waals surface area contributed by atoms with E-state index in [9.17, 15) is 4.39 Å². The van der Waals surface area contributed by atoms with Crippen molar-refractivity contribution >= 4 is 22.4 Å². The number of aryl methyl sites for hydroxylation is 2. The summed E-state index contributed by atoms with van der Waals surface area (Å²) < 4.78 is 19.1. The molecule has 0 spiro atoms. The Kier molecular flexibility index (Phi) is 4.57. The molecule has 1 aromatic heterocycles. The molecule has 5 nitrogen and oxygen atoms in total. The van der Waals surface area contributed by atoms with Gasteiger partial charge in [-0.2, -0.15) is 0 Å². The van der Waals surface area contributed by atoms with Crippen LogP contribution in [0, 0.1) is 19.7 Å². The molecule has 0 unspecified atom stereocenters. The minimum Gasteiger partial charge on any atom is -0.492 e. The molecular formula is C18H19FN4O. The number of halogens is 1. The summed E-state index contributed by atoms with van der Waals surface area (Å²) in [6, 6.07) is 8.70. The van der Waals surface area contributed by atoms with Crippen LogP contribution in [-0.4, -0.2) is 23.1 Å². The Bertz CT molecular complexity index is 882. The van der Waals surface area contributed by atoms with Gasteiger partial charge in [-0.15, -0.1) is 0 Å². The lowest BCUT2D eigenvalue weighted by Crippen LogP contribution is -2.11. The fraction of sp³-hybridized carbons (Fsp3) is 0.222. The molecule has 24 heavy (non-hydrogen) atoms. The van der Waals surface area contributed by atoms with E-state index in [0.29, 0.717) is 24.5 Å². The SMILES string of the molecule is Cc1cc(Nc2ncnc3cc(C)c(OCCN)cc23)ccc1F. The smallest absolute Gasteiger partial charge is 0.141 e. The summed E-state index contributed by atoms with van der Waals surface area (Å²) in [5, 5.41) is 4.05. The van der Waals surface area contributed by atoms with Gasteiger partial charge in [-0.3, -0.25) is 0 Å². The Labute approximate surface area is 139 Å². The fourth-order valence-corrected chi connectivity index (χ4v) is 2.47. The Hall–Kier alpha value is -2.73. The molecular weight excluding hydrogens is 307 g/mol. The van der Waals surface area contributed by atoms with Crippen LogP contribution in [0.2, 0.25) is 0 Å². The molecule has 0 aliphatic rings. The number of hydrogen-bond acceptors (Lipinski definition) is 5. The highest BCUT2D eigenvalue weighted by Crippen LogP contribution is 2.30. The summed E-state index contributed by atoms with van der Waals surface area (Å²) in [5.41, 5.74) is 8.63. The number of nitrogens with one attached hydrogen (secondary N) is 1. The molecule has 0 aliphatic carbocycles. The topological polar surface area (TPSA) is 73.1 Å². The lowest BCUT2D eigenvalue weighted by molar-refractivity contribution is 0.326. The molecule has 0 saturated heterocycles. The van der Waals surface area contributed by atoms with Crippen molar-refractivity contribution in [3.05, 3.63) is 53.6 Å². The molecule has 3 rings (SSSR count). The summed E-state index contributed by atoms with van der Waals surface area (Å²) in [7, 11) is 0. The number of hydrogen-bond donors (Lipinski definition) is 2. The molecule has 0 atom stereocenters. The second-order valence-electron chi connectivity index (χ2n) is 5.58. The zero-order valence-electron chi connectivity index (χ0n) is 13.6. The van der Waals surface area contributed by atoms with Crippen molar-refractivity contribution < 1.29 is 9.13 Å². The number of benzene rings is 2. The van der Waals surface area contributed by atoms with Gasteiger partial charge in [0.1, 0.15) is 30.3 Å². The first-order valence-corrected chi connectivity index (χ1v) is 7.70. The van der Waals surface area contributed by atoms with Gasteiger partial charge in [-0.05, 0) is 55.3 Å². The Morgan fingerprint density at radius 1 is 1.12 bits per heavy atom. The van der Waals surface area contributed by atoms with Gasteiger partial charge < -0.3 is 15.8 Å². The highest BCUT2D eigenvalue weighted by molar-refractivity contribution is 5.92. The van der Waals surface area contributed by atoms with Gasteiger partial charge in [0, 0.05) is 17.6 Å². The van der Waals surface area contributed by atoms with Crippen molar-refractivity contribution in [3.63, 3.8) is 0 Å². The number of anilines is 2. The highest BCUT2D eigenvalue weighted by Gasteiger charge is 2.09. The van der Waals surface area contributed by atoms with Crippen LogP contribution in [0.3, 0.4) is 0 Å². The van der Waals surface area contributed by atoms with Crippen molar-refractivity contribution in [2.45, 2.75) is 13.8 Å². The van der Waals surface area contributed by atoms with Gasteiger partial charge in [0.25, 0.3) is 0 Å². The van der Waals surface area contributed by atoms with Crippen LogP contribution in [0.1, 0.15) is 11.1 Å². The summed E-state index contributed by atoms with van der Waals surface area (Å²) >= 11 is 0. The van der Waals surface area contributed by atoms with Crippen molar-refractivity contribution in [1.29, 1.82) is 0 Å². The summed E-state index contributed by atoms with van der Waals surface area (Å²) in [4.78, 5) is 8.62. The molecule has 0 aliphatic heterocycles. The van der Waals surface area contributed by atoms with E-state index in [0.717, 1.165) is 27.9 Å².